The topological polar surface area (TPSA) is 62.5 Å². The van der Waals surface area contributed by atoms with Gasteiger partial charge in [0.1, 0.15) is 5.82 Å². The third-order valence-corrected chi connectivity index (χ3v) is 3.35. The van der Waals surface area contributed by atoms with Gasteiger partial charge in [-0.25, -0.2) is 9.50 Å². The molecule has 0 aliphatic carbocycles. The molecule has 0 aliphatic heterocycles. The molecule has 2 aromatic heterocycles. The Morgan fingerprint density at radius 1 is 1.14 bits per heavy atom. The van der Waals surface area contributed by atoms with Gasteiger partial charge in [0.05, 0.1) is 18.5 Å². The minimum absolute atomic E-state index is 0.0523. The molecule has 21 heavy (non-hydrogen) atoms. The van der Waals surface area contributed by atoms with E-state index < -0.39 is 0 Å². The molecular weight excluding hydrogens is 264 g/mol. The average molecular weight is 282 g/mol. The summed E-state index contributed by atoms with van der Waals surface area (Å²) >= 11 is 0. The van der Waals surface area contributed by atoms with E-state index in [9.17, 15) is 0 Å². The lowest BCUT2D eigenvalue weighted by atomic mass is 10.1. The molecule has 1 aromatic carbocycles. The Morgan fingerprint density at radius 3 is 2.67 bits per heavy atom. The lowest BCUT2D eigenvalue weighted by Crippen LogP contribution is -2.05. The number of hydrogen-bond acceptors (Lipinski definition) is 4. The molecule has 2 heterocycles. The fourth-order valence-corrected chi connectivity index (χ4v) is 2.20. The van der Waals surface area contributed by atoms with Gasteiger partial charge in [0.2, 0.25) is 0 Å². The monoisotopic (exact) mass is 282 g/mol. The van der Waals surface area contributed by atoms with Crippen molar-refractivity contribution in [1.82, 2.24) is 14.6 Å². The highest BCUT2D eigenvalue weighted by molar-refractivity contribution is 5.63. The lowest BCUT2D eigenvalue weighted by Gasteiger charge is -2.06. The third-order valence-electron chi connectivity index (χ3n) is 3.35. The van der Waals surface area contributed by atoms with E-state index in [0.717, 1.165) is 41.3 Å². The van der Waals surface area contributed by atoms with E-state index in [-0.39, 0.29) is 6.61 Å². The van der Waals surface area contributed by atoms with E-state index in [1.807, 2.05) is 47.1 Å². The summed E-state index contributed by atoms with van der Waals surface area (Å²) in [5.41, 5.74) is 3.68. The van der Waals surface area contributed by atoms with Gasteiger partial charge in [-0.2, -0.15) is 0 Å². The van der Waals surface area contributed by atoms with E-state index in [4.69, 9.17) is 5.11 Å². The van der Waals surface area contributed by atoms with Gasteiger partial charge in [-0.15, -0.1) is 5.10 Å². The van der Waals surface area contributed by atoms with Crippen LogP contribution in [-0.2, 0) is 6.61 Å². The van der Waals surface area contributed by atoms with Crippen molar-refractivity contribution in [3.05, 3.63) is 48.2 Å². The molecule has 108 valence electrons. The Labute approximate surface area is 123 Å². The van der Waals surface area contributed by atoms with Crippen LogP contribution in [0.2, 0.25) is 0 Å². The molecule has 3 aromatic rings. The van der Waals surface area contributed by atoms with Crippen molar-refractivity contribution in [3.8, 4) is 11.3 Å². The van der Waals surface area contributed by atoms with Crippen LogP contribution in [0.25, 0.3) is 16.9 Å². The van der Waals surface area contributed by atoms with Crippen molar-refractivity contribution in [2.24, 2.45) is 0 Å². The SMILES string of the molecule is CCCNc1ccc2ncc(-c3ccc(CO)cc3)n2n1. The van der Waals surface area contributed by atoms with Crippen molar-refractivity contribution >= 4 is 11.5 Å². The fourth-order valence-electron chi connectivity index (χ4n) is 2.20. The first kappa shape index (κ1) is 13.6. The first-order chi connectivity index (χ1) is 10.3. The molecule has 0 radical (unpaired) electrons. The number of aliphatic hydroxyl groups excluding tert-OH is 1. The molecule has 0 amide bonds. The number of imidazole rings is 1. The minimum atomic E-state index is 0.0523. The number of aromatic nitrogens is 3. The summed E-state index contributed by atoms with van der Waals surface area (Å²) in [7, 11) is 0. The van der Waals surface area contributed by atoms with Gasteiger partial charge in [0.15, 0.2) is 5.65 Å². The molecule has 0 saturated carbocycles. The maximum absolute atomic E-state index is 9.11. The average Bonchev–Trinajstić information content (AvgIpc) is 2.96. The molecule has 0 fully saturated rings. The van der Waals surface area contributed by atoms with Crippen LogP contribution in [0, 0.1) is 0 Å². The van der Waals surface area contributed by atoms with E-state index in [0.29, 0.717) is 0 Å². The molecule has 0 aliphatic rings. The molecule has 0 unspecified atom stereocenters. The van der Waals surface area contributed by atoms with Crippen LogP contribution in [0.3, 0.4) is 0 Å². The molecule has 0 atom stereocenters. The lowest BCUT2D eigenvalue weighted by molar-refractivity contribution is 0.282. The predicted octanol–water partition coefficient (Wildman–Crippen LogP) is 2.71. The standard InChI is InChI=1S/C16H18N4O/c1-2-9-17-15-7-8-16-18-10-14(20(16)19-15)13-5-3-12(11-21)4-6-13/h3-8,10,21H,2,9,11H2,1H3,(H,17,19). The quantitative estimate of drug-likeness (QED) is 0.755. The number of rotatable bonds is 5. The Hall–Kier alpha value is -2.40. The van der Waals surface area contributed by atoms with Crippen molar-refractivity contribution in [1.29, 1.82) is 0 Å². The van der Waals surface area contributed by atoms with Crippen molar-refractivity contribution in [2.75, 3.05) is 11.9 Å². The van der Waals surface area contributed by atoms with Crippen LogP contribution in [0.4, 0.5) is 5.82 Å². The van der Waals surface area contributed by atoms with Crippen LogP contribution < -0.4 is 5.32 Å². The molecule has 3 rings (SSSR count). The number of nitrogens with one attached hydrogen (secondary N) is 1. The number of nitrogens with zero attached hydrogens (tertiary/aromatic N) is 3. The number of benzene rings is 1. The Balaban J connectivity index is 2.00. The second kappa shape index (κ2) is 5.93. The van der Waals surface area contributed by atoms with Crippen LogP contribution in [0.5, 0.6) is 0 Å². The molecule has 0 spiro atoms. The van der Waals surface area contributed by atoms with Crippen LogP contribution in [0.1, 0.15) is 18.9 Å². The highest BCUT2D eigenvalue weighted by atomic mass is 16.3. The zero-order valence-corrected chi connectivity index (χ0v) is 12.0. The number of anilines is 1. The largest absolute Gasteiger partial charge is 0.392 e. The molecule has 0 bridgehead atoms. The smallest absolute Gasteiger partial charge is 0.154 e. The van der Waals surface area contributed by atoms with E-state index >= 15 is 0 Å². The summed E-state index contributed by atoms with van der Waals surface area (Å²) in [5, 5.41) is 17.0. The van der Waals surface area contributed by atoms with Crippen LogP contribution >= 0.6 is 0 Å². The third kappa shape index (κ3) is 2.73. The van der Waals surface area contributed by atoms with Gasteiger partial charge in [-0.1, -0.05) is 31.2 Å². The highest BCUT2D eigenvalue weighted by Gasteiger charge is 2.08. The zero-order chi connectivity index (χ0) is 14.7. The van der Waals surface area contributed by atoms with E-state index in [1.54, 1.807) is 0 Å². The number of aliphatic hydroxyl groups is 1. The maximum Gasteiger partial charge on any atom is 0.154 e. The zero-order valence-electron chi connectivity index (χ0n) is 12.0. The fraction of sp³-hybridized carbons (Fsp3) is 0.250. The van der Waals surface area contributed by atoms with Gasteiger partial charge in [-0.3, -0.25) is 0 Å². The molecular formula is C16H18N4O. The summed E-state index contributed by atoms with van der Waals surface area (Å²) in [6.45, 7) is 3.07. The maximum atomic E-state index is 9.11. The summed E-state index contributed by atoms with van der Waals surface area (Å²) in [4.78, 5) is 4.38. The van der Waals surface area contributed by atoms with Gasteiger partial charge in [-0.05, 0) is 24.1 Å². The first-order valence-corrected chi connectivity index (χ1v) is 7.10. The van der Waals surface area contributed by atoms with Gasteiger partial charge in [0.25, 0.3) is 0 Å². The molecule has 5 heteroatoms. The summed E-state index contributed by atoms with van der Waals surface area (Å²) in [6.07, 6.45) is 2.87. The molecule has 2 N–H and O–H groups in total. The van der Waals surface area contributed by atoms with Gasteiger partial charge in [0, 0.05) is 12.1 Å². The van der Waals surface area contributed by atoms with Crippen LogP contribution in [-0.4, -0.2) is 26.2 Å². The van der Waals surface area contributed by atoms with Crippen molar-refractivity contribution < 1.29 is 5.11 Å². The Morgan fingerprint density at radius 2 is 1.95 bits per heavy atom. The normalized spacial score (nSPS) is 11.0. The Bertz CT molecular complexity index is 734. The van der Waals surface area contributed by atoms with E-state index in [1.165, 1.54) is 0 Å². The summed E-state index contributed by atoms with van der Waals surface area (Å²) in [5.74, 6) is 0.843. The second-order valence-corrected chi connectivity index (χ2v) is 4.91. The second-order valence-electron chi connectivity index (χ2n) is 4.91. The predicted molar refractivity (Wildman–Crippen MR) is 83.1 cm³/mol. The first-order valence-electron chi connectivity index (χ1n) is 7.10. The Kier molecular flexibility index (Phi) is 3.83. The van der Waals surface area contributed by atoms with Crippen LogP contribution in [0.15, 0.2) is 42.6 Å². The van der Waals surface area contributed by atoms with Gasteiger partial charge >= 0.3 is 0 Å². The number of fused-ring (bicyclic) bond motifs is 1. The van der Waals surface area contributed by atoms with Gasteiger partial charge < -0.3 is 10.4 Å². The number of hydrogen-bond donors (Lipinski definition) is 2. The van der Waals surface area contributed by atoms with E-state index in [2.05, 4.69) is 22.3 Å². The minimum Gasteiger partial charge on any atom is -0.392 e. The summed E-state index contributed by atoms with van der Waals surface area (Å²) < 4.78 is 1.84. The summed E-state index contributed by atoms with van der Waals surface area (Å²) in [6, 6.07) is 11.7. The van der Waals surface area contributed by atoms with Crippen molar-refractivity contribution in [2.45, 2.75) is 20.0 Å². The molecule has 5 nitrogen and oxygen atoms in total. The van der Waals surface area contributed by atoms with Crippen molar-refractivity contribution in [3.63, 3.8) is 0 Å². The molecule has 0 saturated heterocycles. The highest BCUT2D eigenvalue weighted by Crippen LogP contribution is 2.21.